The molecule has 0 unspecified atom stereocenters. The second-order valence-electron chi connectivity index (χ2n) is 3.35. The summed E-state index contributed by atoms with van der Waals surface area (Å²) < 4.78 is 0. The third-order valence-electron chi connectivity index (χ3n) is 2.18. The van der Waals surface area contributed by atoms with Gasteiger partial charge in [-0.15, -0.1) is 10.2 Å². The zero-order chi connectivity index (χ0) is 13.4. The van der Waals surface area contributed by atoms with Crippen molar-refractivity contribution in [2.75, 3.05) is 17.2 Å². The Morgan fingerprint density at radius 3 is 2.22 bits per heavy atom. The first-order chi connectivity index (χ1) is 8.41. The molecule has 1 aromatic carbocycles. The van der Waals surface area contributed by atoms with Gasteiger partial charge in [0, 0.05) is 5.56 Å². The van der Waals surface area contributed by atoms with Gasteiger partial charge in [-0.05, 0) is 6.07 Å². The molecule has 94 valence electrons. The van der Waals surface area contributed by atoms with Crippen molar-refractivity contribution in [1.29, 1.82) is 0 Å². The number of halogens is 3. The Labute approximate surface area is 117 Å². The SMILES string of the molecule is Nc1nnc(-c2cc(Cl)c(N)c(Cl)c2Cl)c(N)n1. The van der Waals surface area contributed by atoms with Gasteiger partial charge in [0.2, 0.25) is 5.95 Å². The van der Waals surface area contributed by atoms with Crippen LogP contribution in [-0.2, 0) is 0 Å². The molecule has 1 heterocycles. The van der Waals surface area contributed by atoms with E-state index < -0.39 is 0 Å². The molecule has 0 aliphatic heterocycles. The summed E-state index contributed by atoms with van der Waals surface area (Å²) in [6.45, 7) is 0. The van der Waals surface area contributed by atoms with Crippen molar-refractivity contribution in [3.63, 3.8) is 0 Å². The smallest absolute Gasteiger partial charge is 0.242 e. The summed E-state index contributed by atoms with van der Waals surface area (Å²) in [7, 11) is 0. The molecule has 0 radical (unpaired) electrons. The quantitative estimate of drug-likeness (QED) is 0.549. The molecule has 9 heteroatoms. The highest BCUT2D eigenvalue weighted by atomic mass is 35.5. The van der Waals surface area contributed by atoms with Crippen LogP contribution in [0.15, 0.2) is 6.07 Å². The third-order valence-corrected chi connectivity index (χ3v) is 3.37. The van der Waals surface area contributed by atoms with Gasteiger partial charge >= 0.3 is 0 Å². The predicted octanol–water partition coefficient (Wildman–Crippen LogP) is 2.25. The van der Waals surface area contributed by atoms with Gasteiger partial charge in [-0.3, -0.25) is 0 Å². The summed E-state index contributed by atoms with van der Waals surface area (Å²) in [5.74, 6) is 0.0290. The summed E-state index contributed by atoms with van der Waals surface area (Å²) in [5, 5.41) is 7.94. The molecule has 2 aromatic rings. The number of hydrogen-bond acceptors (Lipinski definition) is 6. The van der Waals surface area contributed by atoms with E-state index in [-0.39, 0.29) is 38.2 Å². The van der Waals surface area contributed by atoms with Gasteiger partial charge in [0.1, 0.15) is 5.69 Å². The van der Waals surface area contributed by atoms with Crippen molar-refractivity contribution >= 4 is 52.3 Å². The standard InChI is InChI=1S/C9H7Cl3N6/c10-3-1-2(4(11)5(12)6(3)13)7-8(14)16-9(15)18-17-7/h1H,13H2,(H4,14,15,16,18). The molecule has 0 spiro atoms. The topological polar surface area (TPSA) is 117 Å². The molecule has 0 atom stereocenters. The van der Waals surface area contributed by atoms with E-state index in [4.69, 9.17) is 52.0 Å². The summed E-state index contributed by atoms with van der Waals surface area (Å²) in [5.41, 5.74) is 17.5. The van der Waals surface area contributed by atoms with E-state index in [2.05, 4.69) is 15.2 Å². The van der Waals surface area contributed by atoms with Crippen LogP contribution < -0.4 is 17.2 Å². The molecule has 0 saturated heterocycles. The zero-order valence-corrected chi connectivity index (χ0v) is 11.1. The Hall–Kier alpha value is -1.50. The Balaban J connectivity index is 2.72. The van der Waals surface area contributed by atoms with Crippen LogP contribution in [0, 0.1) is 0 Å². The molecule has 1 aromatic heterocycles. The molecule has 18 heavy (non-hydrogen) atoms. The van der Waals surface area contributed by atoms with Crippen molar-refractivity contribution in [3.8, 4) is 11.3 Å². The number of nitrogens with two attached hydrogens (primary N) is 3. The average Bonchev–Trinajstić information content (AvgIpc) is 2.32. The minimum Gasteiger partial charge on any atom is -0.396 e. The lowest BCUT2D eigenvalue weighted by Gasteiger charge is -2.10. The van der Waals surface area contributed by atoms with E-state index in [9.17, 15) is 0 Å². The van der Waals surface area contributed by atoms with Crippen LogP contribution in [0.2, 0.25) is 15.1 Å². The Morgan fingerprint density at radius 2 is 1.61 bits per heavy atom. The van der Waals surface area contributed by atoms with E-state index in [1.165, 1.54) is 6.07 Å². The van der Waals surface area contributed by atoms with Crippen LogP contribution >= 0.6 is 34.8 Å². The van der Waals surface area contributed by atoms with Gasteiger partial charge in [-0.2, -0.15) is 4.98 Å². The van der Waals surface area contributed by atoms with Crippen LogP contribution in [0.25, 0.3) is 11.3 Å². The Morgan fingerprint density at radius 1 is 0.944 bits per heavy atom. The summed E-state index contributed by atoms with van der Waals surface area (Å²) >= 11 is 17.9. The van der Waals surface area contributed by atoms with E-state index >= 15 is 0 Å². The number of benzene rings is 1. The predicted molar refractivity (Wildman–Crippen MR) is 73.5 cm³/mol. The molecule has 0 amide bonds. The van der Waals surface area contributed by atoms with E-state index in [0.29, 0.717) is 5.56 Å². The van der Waals surface area contributed by atoms with Gasteiger partial charge in [0.15, 0.2) is 5.82 Å². The largest absolute Gasteiger partial charge is 0.396 e. The maximum Gasteiger partial charge on any atom is 0.242 e. The molecule has 0 saturated carbocycles. The normalized spacial score (nSPS) is 10.6. The summed E-state index contributed by atoms with van der Waals surface area (Å²) in [6.07, 6.45) is 0. The maximum absolute atomic E-state index is 6.06. The highest BCUT2D eigenvalue weighted by Gasteiger charge is 2.17. The molecule has 0 fully saturated rings. The number of anilines is 3. The maximum atomic E-state index is 6.06. The van der Waals surface area contributed by atoms with Crippen molar-refractivity contribution in [1.82, 2.24) is 15.2 Å². The fraction of sp³-hybridized carbons (Fsp3) is 0. The van der Waals surface area contributed by atoms with E-state index in [1.807, 2.05) is 0 Å². The van der Waals surface area contributed by atoms with Gasteiger partial charge in [-0.25, -0.2) is 0 Å². The van der Waals surface area contributed by atoms with E-state index in [1.54, 1.807) is 0 Å². The van der Waals surface area contributed by atoms with Crippen molar-refractivity contribution in [3.05, 3.63) is 21.1 Å². The lowest BCUT2D eigenvalue weighted by molar-refractivity contribution is 1.000. The average molecular weight is 306 g/mol. The monoisotopic (exact) mass is 304 g/mol. The fourth-order valence-electron chi connectivity index (χ4n) is 1.32. The summed E-state index contributed by atoms with van der Waals surface area (Å²) in [4.78, 5) is 3.78. The van der Waals surface area contributed by atoms with Crippen LogP contribution in [0.3, 0.4) is 0 Å². The molecule has 0 aliphatic carbocycles. The molecular formula is C9H7Cl3N6. The Bertz CT molecular complexity index is 630. The minimum absolute atomic E-state index is 0.0417. The fourth-order valence-corrected chi connectivity index (χ4v) is 2.03. The number of hydrogen-bond donors (Lipinski definition) is 3. The number of rotatable bonds is 1. The molecule has 0 aliphatic rings. The first-order valence-corrected chi connectivity index (χ1v) is 5.74. The lowest BCUT2D eigenvalue weighted by atomic mass is 10.1. The van der Waals surface area contributed by atoms with E-state index in [0.717, 1.165) is 0 Å². The minimum atomic E-state index is -0.0417. The van der Waals surface area contributed by atoms with Crippen LogP contribution in [-0.4, -0.2) is 15.2 Å². The number of nitrogen functional groups attached to an aromatic ring is 3. The highest BCUT2D eigenvalue weighted by Crippen LogP contribution is 2.41. The highest BCUT2D eigenvalue weighted by molar-refractivity contribution is 6.47. The van der Waals surface area contributed by atoms with Gasteiger partial charge in [0.25, 0.3) is 0 Å². The molecule has 2 rings (SSSR count). The third kappa shape index (κ3) is 2.10. The molecule has 0 bridgehead atoms. The second kappa shape index (κ2) is 4.64. The van der Waals surface area contributed by atoms with Gasteiger partial charge in [-0.1, -0.05) is 34.8 Å². The van der Waals surface area contributed by atoms with Crippen molar-refractivity contribution in [2.24, 2.45) is 0 Å². The van der Waals surface area contributed by atoms with Gasteiger partial charge in [0.05, 0.1) is 20.8 Å². The van der Waals surface area contributed by atoms with Gasteiger partial charge < -0.3 is 17.2 Å². The molecule has 6 N–H and O–H groups in total. The zero-order valence-electron chi connectivity index (χ0n) is 8.78. The first kappa shape index (κ1) is 12.9. The number of aromatic nitrogens is 3. The first-order valence-electron chi connectivity index (χ1n) is 4.60. The Kier molecular flexibility index (Phi) is 3.34. The lowest BCUT2D eigenvalue weighted by Crippen LogP contribution is -2.05. The second-order valence-corrected chi connectivity index (χ2v) is 4.51. The molecular weight excluding hydrogens is 299 g/mol. The van der Waals surface area contributed by atoms with Crippen LogP contribution in [0.5, 0.6) is 0 Å². The number of nitrogens with zero attached hydrogens (tertiary/aromatic N) is 3. The van der Waals surface area contributed by atoms with Crippen LogP contribution in [0.4, 0.5) is 17.5 Å². The van der Waals surface area contributed by atoms with Crippen LogP contribution in [0.1, 0.15) is 0 Å². The summed E-state index contributed by atoms with van der Waals surface area (Å²) in [6, 6.07) is 1.49. The molecule has 6 nitrogen and oxygen atoms in total. The van der Waals surface area contributed by atoms with Crippen molar-refractivity contribution in [2.45, 2.75) is 0 Å². The van der Waals surface area contributed by atoms with Crippen molar-refractivity contribution < 1.29 is 0 Å².